The SMILES string of the molecule is COc1cccc(C23CCCCC2C(=O)N(C(C)c2ccco2)C(=O)C3)c1. The zero-order valence-electron chi connectivity index (χ0n) is 15.8. The second-order valence-corrected chi connectivity index (χ2v) is 7.66. The average Bonchev–Trinajstić information content (AvgIpc) is 3.22. The van der Waals surface area contributed by atoms with Crippen molar-refractivity contribution in [1.82, 2.24) is 4.90 Å². The number of hydrogen-bond acceptors (Lipinski definition) is 4. The molecule has 142 valence electrons. The minimum absolute atomic E-state index is 0.0716. The fourth-order valence-corrected chi connectivity index (χ4v) is 4.90. The number of methoxy groups -OCH3 is 1. The highest BCUT2D eigenvalue weighted by Crippen LogP contribution is 2.51. The van der Waals surface area contributed by atoms with Gasteiger partial charge in [0.15, 0.2) is 0 Å². The Labute approximate surface area is 159 Å². The Kier molecular flexibility index (Phi) is 4.54. The number of furan rings is 1. The molecular weight excluding hydrogens is 342 g/mol. The molecule has 2 aliphatic rings. The van der Waals surface area contributed by atoms with Gasteiger partial charge in [0.05, 0.1) is 19.4 Å². The maximum Gasteiger partial charge on any atom is 0.233 e. The normalized spacial score (nSPS) is 26.6. The van der Waals surface area contributed by atoms with E-state index in [-0.39, 0.29) is 23.8 Å². The fraction of sp³-hybridized carbons (Fsp3) is 0.455. The molecule has 1 aliphatic heterocycles. The van der Waals surface area contributed by atoms with Crippen LogP contribution >= 0.6 is 0 Å². The van der Waals surface area contributed by atoms with Crippen LogP contribution in [0.3, 0.4) is 0 Å². The molecule has 1 aromatic carbocycles. The average molecular weight is 367 g/mol. The minimum atomic E-state index is -0.430. The maximum absolute atomic E-state index is 13.5. The molecule has 5 nitrogen and oxygen atoms in total. The third-order valence-electron chi connectivity index (χ3n) is 6.29. The van der Waals surface area contributed by atoms with Crippen molar-refractivity contribution in [1.29, 1.82) is 0 Å². The lowest BCUT2D eigenvalue weighted by molar-refractivity contribution is -0.161. The van der Waals surface area contributed by atoms with Crippen LogP contribution in [0.1, 0.15) is 56.4 Å². The molecule has 0 radical (unpaired) electrons. The number of amides is 2. The number of nitrogens with zero attached hydrogens (tertiary/aromatic N) is 1. The Morgan fingerprint density at radius 1 is 1.22 bits per heavy atom. The Morgan fingerprint density at radius 2 is 2.07 bits per heavy atom. The summed E-state index contributed by atoms with van der Waals surface area (Å²) >= 11 is 0. The van der Waals surface area contributed by atoms with E-state index in [0.717, 1.165) is 37.0 Å². The van der Waals surface area contributed by atoms with Crippen molar-refractivity contribution in [3.63, 3.8) is 0 Å². The molecule has 0 bridgehead atoms. The fourth-order valence-electron chi connectivity index (χ4n) is 4.90. The van der Waals surface area contributed by atoms with Crippen LogP contribution in [0, 0.1) is 5.92 Å². The Balaban J connectivity index is 1.73. The van der Waals surface area contributed by atoms with Gasteiger partial charge in [-0.2, -0.15) is 0 Å². The lowest BCUT2D eigenvalue weighted by Crippen LogP contribution is -2.57. The third-order valence-corrected chi connectivity index (χ3v) is 6.29. The number of rotatable bonds is 4. The van der Waals surface area contributed by atoms with Gasteiger partial charge in [-0.3, -0.25) is 14.5 Å². The van der Waals surface area contributed by atoms with E-state index in [9.17, 15) is 9.59 Å². The minimum Gasteiger partial charge on any atom is -0.497 e. The number of benzene rings is 1. The van der Waals surface area contributed by atoms with Gasteiger partial charge in [0, 0.05) is 17.8 Å². The number of imide groups is 1. The predicted molar refractivity (Wildman–Crippen MR) is 100 cm³/mol. The van der Waals surface area contributed by atoms with Crippen molar-refractivity contribution in [3.05, 3.63) is 54.0 Å². The summed E-state index contributed by atoms with van der Waals surface area (Å²) < 4.78 is 10.9. The molecule has 1 saturated carbocycles. The molecular formula is C22H25NO4. The first-order valence-corrected chi connectivity index (χ1v) is 9.60. The molecule has 1 saturated heterocycles. The summed E-state index contributed by atoms with van der Waals surface area (Å²) in [5.41, 5.74) is 0.610. The van der Waals surface area contributed by atoms with E-state index >= 15 is 0 Å². The number of carbonyl (C=O) groups excluding carboxylic acids is 2. The second-order valence-electron chi connectivity index (χ2n) is 7.66. The topological polar surface area (TPSA) is 59.8 Å². The van der Waals surface area contributed by atoms with Crippen LogP contribution in [-0.4, -0.2) is 23.8 Å². The molecule has 5 heteroatoms. The van der Waals surface area contributed by atoms with Gasteiger partial charge in [-0.15, -0.1) is 0 Å². The van der Waals surface area contributed by atoms with Crippen LogP contribution in [0.4, 0.5) is 0 Å². The number of piperidine rings is 1. The lowest BCUT2D eigenvalue weighted by Gasteiger charge is -2.50. The van der Waals surface area contributed by atoms with Gasteiger partial charge in [-0.05, 0) is 49.6 Å². The number of carbonyl (C=O) groups is 2. The van der Waals surface area contributed by atoms with E-state index in [0.29, 0.717) is 12.2 Å². The van der Waals surface area contributed by atoms with E-state index in [1.165, 1.54) is 4.90 Å². The summed E-state index contributed by atoms with van der Waals surface area (Å²) in [6.07, 6.45) is 5.63. The van der Waals surface area contributed by atoms with Crippen molar-refractivity contribution >= 4 is 11.8 Å². The molecule has 1 aliphatic carbocycles. The summed E-state index contributed by atoms with van der Waals surface area (Å²) in [5.74, 6) is 1.02. The van der Waals surface area contributed by atoms with E-state index in [1.54, 1.807) is 19.4 Å². The molecule has 2 aromatic rings. The number of likely N-dealkylation sites (tertiary alicyclic amines) is 1. The molecule has 3 atom stereocenters. The van der Waals surface area contributed by atoms with Crippen LogP contribution in [0.25, 0.3) is 0 Å². The molecule has 2 amide bonds. The van der Waals surface area contributed by atoms with Crippen LogP contribution < -0.4 is 4.74 Å². The van der Waals surface area contributed by atoms with Crippen molar-refractivity contribution in [2.75, 3.05) is 7.11 Å². The Morgan fingerprint density at radius 3 is 2.81 bits per heavy atom. The van der Waals surface area contributed by atoms with Crippen LogP contribution in [-0.2, 0) is 15.0 Å². The van der Waals surface area contributed by atoms with E-state index in [1.807, 2.05) is 37.3 Å². The largest absolute Gasteiger partial charge is 0.497 e. The first-order valence-electron chi connectivity index (χ1n) is 9.60. The molecule has 2 heterocycles. The molecule has 3 unspecified atom stereocenters. The van der Waals surface area contributed by atoms with E-state index in [2.05, 4.69) is 0 Å². The van der Waals surface area contributed by atoms with E-state index in [4.69, 9.17) is 9.15 Å². The summed E-state index contributed by atoms with van der Waals surface area (Å²) in [4.78, 5) is 28.1. The standard InChI is InChI=1S/C22H25NO4/c1-15(19-10-6-12-27-19)23-20(24)14-22(11-4-3-9-18(22)21(23)25)16-7-5-8-17(13-16)26-2/h5-8,10,12-13,15,18H,3-4,9,11,14H2,1-2H3. The van der Waals surface area contributed by atoms with Crippen molar-refractivity contribution in [2.24, 2.45) is 5.92 Å². The Hall–Kier alpha value is -2.56. The first kappa shape index (κ1) is 17.8. The zero-order valence-corrected chi connectivity index (χ0v) is 15.8. The van der Waals surface area contributed by atoms with Gasteiger partial charge in [0.1, 0.15) is 11.5 Å². The highest BCUT2D eigenvalue weighted by molar-refractivity contribution is 6.01. The monoisotopic (exact) mass is 367 g/mol. The van der Waals surface area contributed by atoms with Gasteiger partial charge in [0.2, 0.25) is 11.8 Å². The summed E-state index contributed by atoms with van der Waals surface area (Å²) in [6, 6.07) is 11.1. The molecule has 4 rings (SSSR count). The second kappa shape index (κ2) is 6.87. The quantitative estimate of drug-likeness (QED) is 0.759. The molecule has 2 fully saturated rings. The highest BCUT2D eigenvalue weighted by Gasteiger charge is 2.54. The third kappa shape index (κ3) is 2.85. The van der Waals surface area contributed by atoms with Gasteiger partial charge < -0.3 is 9.15 Å². The summed E-state index contributed by atoms with van der Waals surface area (Å²) in [5, 5.41) is 0. The van der Waals surface area contributed by atoms with Gasteiger partial charge in [-0.1, -0.05) is 25.0 Å². The van der Waals surface area contributed by atoms with Crippen LogP contribution in [0.2, 0.25) is 0 Å². The summed E-state index contributed by atoms with van der Waals surface area (Å²) in [6.45, 7) is 1.86. The zero-order chi connectivity index (χ0) is 19.0. The number of hydrogen-bond donors (Lipinski definition) is 0. The molecule has 1 aromatic heterocycles. The summed E-state index contributed by atoms with van der Waals surface area (Å²) in [7, 11) is 1.64. The predicted octanol–water partition coefficient (Wildman–Crippen LogP) is 4.24. The lowest BCUT2D eigenvalue weighted by atomic mass is 9.58. The molecule has 0 spiro atoms. The van der Waals surface area contributed by atoms with E-state index < -0.39 is 5.41 Å². The number of ether oxygens (including phenoxy) is 1. The van der Waals surface area contributed by atoms with Crippen LogP contribution in [0.5, 0.6) is 5.75 Å². The first-order chi connectivity index (χ1) is 13.1. The van der Waals surface area contributed by atoms with Crippen molar-refractivity contribution in [3.8, 4) is 5.75 Å². The smallest absolute Gasteiger partial charge is 0.233 e. The molecule has 0 N–H and O–H groups in total. The highest BCUT2D eigenvalue weighted by atomic mass is 16.5. The van der Waals surface area contributed by atoms with Crippen LogP contribution in [0.15, 0.2) is 47.1 Å². The van der Waals surface area contributed by atoms with Crippen molar-refractivity contribution in [2.45, 2.75) is 50.5 Å². The van der Waals surface area contributed by atoms with Gasteiger partial charge >= 0.3 is 0 Å². The van der Waals surface area contributed by atoms with Gasteiger partial charge in [-0.25, -0.2) is 0 Å². The molecule has 27 heavy (non-hydrogen) atoms. The number of fused-ring (bicyclic) bond motifs is 1. The van der Waals surface area contributed by atoms with Crippen molar-refractivity contribution < 1.29 is 18.7 Å². The van der Waals surface area contributed by atoms with Gasteiger partial charge in [0.25, 0.3) is 0 Å². The maximum atomic E-state index is 13.5. The Bertz CT molecular complexity index is 844.